The predicted molar refractivity (Wildman–Crippen MR) is 113 cm³/mol. The number of hydrogen-bond donors (Lipinski definition) is 0. The van der Waals surface area contributed by atoms with Crippen molar-refractivity contribution in [1.29, 1.82) is 0 Å². The minimum Gasteiger partial charge on any atom is -0.367 e. The molecule has 0 saturated heterocycles. The van der Waals surface area contributed by atoms with Gasteiger partial charge in [-0.05, 0) is 34.4 Å². The normalized spacial score (nSPS) is 12.0. The molecule has 0 N–H and O–H groups in total. The summed E-state index contributed by atoms with van der Waals surface area (Å²) in [6.45, 7) is 1.24. The lowest BCUT2D eigenvalue weighted by molar-refractivity contribution is 0.0280. The van der Waals surface area contributed by atoms with Gasteiger partial charge in [0.15, 0.2) is 0 Å². The second kappa shape index (κ2) is 8.87. The van der Waals surface area contributed by atoms with Gasteiger partial charge in [-0.25, -0.2) is 4.98 Å². The fourth-order valence-corrected chi connectivity index (χ4v) is 3.26. The molecule has 1 aromatic heterocycles. The van der Waals surface area contributed by atoms with Crippen molar-refractivity contribution in [3.63, 3.8) is 0 Å². The Balaban J connectivity index is 1.47. The lowest BCUT2D eigenvalue weighted by Crippen LogP contribution is -2.12. The van der Waals surface area contributed by atoms with Crippen LogP contribution in [0.2, 0.25) is 5.02 Å². The molecule has 4 aromatic rings. The number of hydrogen-bond acceptors (Lipinski definition) is 2. The molecule has 0 aliphatic rings. The summed E-state index contributed by atoms with van der Waals surface area (Å²) in [4.78, 5) is 4.13. The standard InChI is InChI=1S/C24H21ClN2O/c25-23-12-10-22(11-13-23)24(16-27-15-14-26-18-27)28-17-19-6-8-21(9-7-19)20-4-2-1-3-5-20/h1-15,18,24H,16-17H2. The molecule has 140 valence electrons. The summed E-state index contributed by atoms with van der Waals surface area (Å²) in [6.07, 6.45) is 5.45. The predicted octanol–water partition coefficient (Wildman–Crippen LogP) is 6.16. The largest absolute Gasteiger partial charge is 0.367 e. The van der Waals surface area contributed by atoms with E-state index in [0.29, 0.717) is 13.2 Å². The molecule has 1 heterocycles. The SMILES string of the molecule is Clc1ccc(C(Cn2ccnc2)OCc2ccc(-c3ccccc3)cc2)cc1. The molecule has 3 nitrogen and oxygen atoms in total. The van der Waals surface area contributed by atoms with Crippen LogP contribution in [0.4, 0.5) is 0 Å². The highest BCUT2D eigenvalue weighted by Crippen LogP contribution is 2.24. The van der Waals surface area contributed by atoms with Crippen LogP contribution in [0.1, 0.15) is 17.2 Å². The summed E-state index contributed by atoms with van der Waals surface area (Å²) in [5.41, 5.74) is 4.66. The first-order valence-corrected chi connectivity index (χ1v) is 9.63. The first kappa shape index (κ1) is 18.5. The Morgan fingerprint density at radius 3 is 2.25 bits per heavy atom. The first-order valence-electron chi connectivity index (χ1n) is 9.25. The monoisotopic (exact) mass is 388 g/mol. The van der Waals surface area contributed by atoms with Gasteiger partial charge >= 0.3 is 0 Å². The third-order valence-electron chi connectivity index (χ3n) is 4.69. The molecule has 0 saturated carbocycles. The molecule has 4 heteroatoms. The van der Waals surface area contributed by atoms with Gasteiger partial charge in [0.25, 0.3) is 0 Å². The third-order valence-corrected chi connectivity index (χ3v) is 4.94. The molecular formula is C24H21ClN2O. The lowest BCUT2D eigenvalue weighted by Gasteiger charge is -2.19. The van der Waals surface area contributed by atoms with E-state index in [4.69, 9.17) is 16.3 Å². The number of nitrogens with zero attached hydrogens (tertiary/aromatic N) is 2. The highest BCUT2D eigenvalue weighted by molar-refractivity contribution is 6.30. The van der Waals surface area contributed by atoms with Crippen molar-refractivity contribution in [2.75, 3.05) is 0 Å². The molecular weight excluding hydrogens is 368 g/mol. The van der Waals surface area contributed by atoms with Crippen molar-refractivity contribution in [3.8, 4) is 11.1 Å². The molecule has 0 spiro atoms. The van der Waals surface area contributed by atoms with Gasteiger partial charge in [-0.2, -0.15) is 0 Å². The maximum Gasteiger partial charge on any atom is 0.101 e. The van der Waals surface area contributed by atoms with Crippen LogP contribution in [0.3, 0.4) is 0 Å². The molecule has 1 atom stereocenters. The number of aromatic nitrogens is 2. The zero-order valence-corrected chi connectivity index (χ0v) is 16.2. The van der Waals surface area contributed by atoms with E-state index in [9.17, 15) is 0 Å². The van der Waals surface area contributed by atoms with Gasteiger partial charge in [0.1, 0.15) is 6.10 Å². The summed E-state index contributed by atoms with van der Waals surface area (Å²) in [7, 11) is 0. The average molecular weight is 389 g/mol. The molecule has 4 rings (SSSR count). The number of halogens is 1. The zero-order chi connectivity index (χ0) is 19.2. The van der Waals surface area contributed by atoms with Gasteiger partial charge in [0, 0.05) is 17.4 Å². The fourth-order valence-electron chi connectivity index (χ4n) is 3.14. The fraction of sp³-hybridized carbons (Fsp3) is 0.125. The highest BCUT2D eigenvalue weighted by Gasteiger charge is 2.13. The Morgan fingerprint density at radius 2 is 1.57 bits per heavy atom. The minimum atomic E-state index is -0.0831. The molecule has 0 fully saturated rings. The van der Waals surface area contributed by atoms with Crippen molar-refractivity contribution < 1.29 is 4.74 Å². The molecule has 0 aliphatic carbocycles. The van der Waals surface area contributed by atoms with E-state index >= 15 is 0 Å². The van der Waals surface area contributed by atoms with Crippen LogP contribution in [0, 0.1) is 0 Å². The number of imidazole rings is 1. The summed E-state index contributed by atoms with van der Waals surface area (Å²) in [6, 6.07) is 26.7. The van der Waals surface area contributed by atoms with E-state index in [1.807, 2.05) is 41.1 Å². The van der Waals surface area contributed by atoms with Gasteiger partial charge in [-0.3, -0.25) is 0 Å². The number of ether oxygens (including phenoxy) is 1. The summed E-state index contributed by atoms with van der Waals surface area (Å²) < 4.78 is 8.31. The number of rotatable bonds is 7. The maximum absolute atomic E-state index is 6.28. The maximum atomic E-state index is 6.28. The van der Waals surface area contributed by atoms with Crippen LogP contribution in [0.5, 0.6) is 0 Å². The summed E-state index contributed by atoms with van der Waals surface area (Å²) in [5, 5.41) is 0.724. The smallest absolute Gasteiger partial charge is 0.101 e. The Labute approximate surface area is 170 Å². The van der Waals surface area contributed by atoms with Crippen LogP contribution in [-0.4, -0.2) is 9.55 Å². The molecule has 0 bridgehead atoms. The topological polar surface area (TPSA) is 27.1 Å². The van der Waals surface area contributed by atoms with E-state index in [1.54, 1.807) is 12.5 Å². The molecule has 1 unspecified atom stereocenters. The van der Waals surface area contributed by atoms with Gasteiger partial charge in [0.2, 0.25) is 0 Å². The summed E-state index contributed by atoms with van der Waals surface area (Å²) in [5.74, 6) is 0. The van der Waals surface area contributed by atoms with E-state index < -0.39 is 0 Å². The quantitative estimate of drug-likeness (QED) is 0.379. The third kappa shape index (κ3) is 4.69. The zero-order valence-electron chi connectivity index (χ0n) is 15.4. The second-order valence-corrected chi connectivity index (χ2v) is 7.11. The van der Waals surface area contributed by atoms with Crippen LogP contribution >= 0.6 is 11.6 Å². The average Bonchev–Trinajstić information content (AvgIpc) is 3.26. The van der Waals surface area contributed by atoms with Crippen molar-refractivity contribution in [3.05, 3.63) is 114 Å². The van der Waals surface area contributed by atoms with Gasteiger partial charge in [0.05, 0.1) is 19.5 Å². The summed E-state index contributed by atoms with van der Waals surface area (Å²) >= 11 is 6.04. The van der Waals surface area contributed by atoms with Crippen LogP contribution < -0.4 is 0 Å². The Bertz CT molecular complexity index is 981. The molecule has 28 heavy (non-hydrogen) atoms. The lowest BCUT2D eigenvalue weighted by atomic mass is 10.0. The van der Waals surface area contributed by atoms with Crippen LogP contribution in [0.15, 0.2) is 97.6 Å². The Morgan fingerprint density at radius 1 is 0.857 bits per heavy atom. The first-order chi connectivity index (χ1) is 13.8. The van der Waals surface area contributed by atoms with E-state index in [2.05, 4.69) is 53.5 Å². The van der Waals surface area contributed by atoms with Crippen LogP contribution in [-0.2, 0) is 17.9 Å². The van der Waals surface area contributed by atoms with E-state index in [-0.39, 0.29) is 6.10 Å². The van der Waals surface area contributed by atoms with Gasteiger partial charge in [-0.15, -0.1) is 0 Å². The van der Waals surface area contributed by atoms with Gasteiger partial charge in [-0.1, -0.05) is 78.3 Å². The van der Waals surface area contributed by atoms with Crippen molar-refractivity contribution >= 4 is 11.6 Å². The van der Waals surface area contributed by atoms with Crippen molar-refractivity contribution in [2.24, 2.45) is 0 Å². The molecule has 0 amide bonds. The van der Waals surface area contributed by atoms with Gasteiger partial charge < -0.3 is 9.30 Å². The Kier molecular flexibility index (Phi) is 5.86. The second-order valence-electron chi connectivity index (χ2n) is 6.67. The number of benzene rings is 3. The van der Waals surface area contributed by atoms with Crippen molar-refractivity contribution in [2.45, 2.75) is 19.3 Å². The van der Waals surface area contributed by atoms with E-state index in [1.165, 1.54) is 11.1 Å². The minimum absolute atomic E-state index is 0.0831. The van der Waals surface area contributed by atoms with Crippen molar-refractivity contribution in [1.82, 2.24) is 9.55 Å². The highest BCUT2D eigenvalue weighted by atomic mass is 35.5. The molecule has 0 radical (unpaired) electrons. The Hall–Kier alpha value is -2.88. The molecule has 3 aromatic carbocycles. The van der Waals surface area contributed by atoms with E-state index in [0.717, 1.165) is 16.1 Å². The van der Waals surface area contributed by atoms with Crippen LogP contribution in [0.25, 0.3) is 11.1 Å². The molecule has 0 aliphatic heterocycles.